The lowest BCUT2D eigenvalue weighted by Crippen LogP contribution is -2.28. The zero-order valence-electron chi connectivity index (χ0n) is 23.5. The van der Waals surface area contributed by atoms with Gasteiger partial charge in [0.1, 0.15) is 6.54 Å². The molecule has 0 fully saturated rings. The number of nitrogens with two attached hydrogens (primary N) is 1. The van der Waals surface area contributed by atoms with Crippen LogP contribution in [0.4, 0.5) is 17.1 Å². The van der Waals surface area contributed by atoms with Crippen molar-refractivity contribution in [3.63, 3.8) is 0 Å². The number of thiophene rings is 1. The second-order valence-electron chi connectivity index (χ2n) is 10.9. The highest BCUT2D eigenvalue weighted by Gasteiger charge is 2.44. The van der Waals surface area contributed by atoms with E-state index in [0.29, 0.717) is 19.5 Å². The molecule has 0 radical (unpaired) electrons. The molecule has 0 saturated carbocycles. The van der Waals surface area contributed by atoms with Gasteiger partial charge >= 0.3 is 0 Å². The minimum atomic E-state index is -0.159. The molecule has 0 saturated heterocycles. The average molecular weight is 552 g/mol. The molecule has 6 heteroatoms. The molecular weight excluding hydrogens is 512 g/mol. The van der Waals surface area contributed by atoms with Gasteiger partial charge in [-0.1, -0.05) is 36.4 Å². The van der Waals surface area contributed by atoms with Crippen LogP contribution in [-0.4, -0.2) is 35.8 Å². The van der Waals surface area contributed by atoms with E-state index in [4.69, 9.17) is 5.73 Å². The third-order valence-corrected chi connectivity index (χ3v) is 8.62. The molecule has 5 rings (SSSR count). The Bertz CT molecular complexity index is 1530. The van der Waals surface area contributed by atoms with Crippen LogP contribution in [0.25, 0.3) is 16.2 Å². The normalized spacial score (nSPS) is 14.2. The maximum Gasteiger partial charge on any atom is 0.220 e. The fourth-order valence-electron chi connectivity index (χ4n) is 5.51. The fraction of sp³-hybridized carbons (Fsp3) is 0.294. The Kier molecular flexibility index (Phi) is 8.78. The van der Waals surface area contributed by atoms with Crippen molar-refractivity contribution < 1.29 is 9.37 Å². The first kappa shape index (κ1) is 27.8. The van der Waals surface area contributed by atoms with Crippen LogP contribution in [0, 0.1) is 0 Å². The zero-order chi connectivity index (χ0) is 28.0. The number of unbranched alkanes of at least 4 members (excludes halogenated alkanes) is 2. The van der Waals surface area contributed by atoms with E-state index in [0.717, 1.165) is 37.2 Å². The van der Waals surface area contributed by atoms with Crippen LogP contribution in [-0.2, 0) is 10.2 Å². The topological polar surface area (TPSA) is 70.2 Å². The van der Waals surface area contributed by atoms with Gasteiger partial charge in [0.15, 0.2) is 5.71 Å². The van der Waals surface area contributed by atoms with Crippen molar-refractivity contribution in [1.82, 2.24) is 5.32 Å². The maximum absolute atomic E-state index is 12.0. The number of para-hydroxylation sites is 1. The van der Waals surface area contributed by atoms with E-state index < -0.39 is 0 Å². The van der Waals surface area contributed by atoms with Crippen LogP contribution in [0.5, 0.6) is 0 Å². The molecule has 1 aliphatic rings. The SMILES string of the molecule is CC1(C)C(/C=C/c2csc3ccccc23)=[N+](CCCCCC(=O)NCCN)c2ccc(Nc3ccccc3)cc21. The van der Waals surface area contributed by atoms with E-state index in [1.54, 1.807) is 11.3 Å². The summed E-state index contributed by atoms with van der Waals surface area (Å²) in [4.78, 5) is 12.0. The van der Waals surface area contributed by atoms with Crippen LogP contribution in [0.1, 0.15) is 50.7 Å². The molecule has 5 nitrogen and oxygen atoms in total. The highest BCUT2D eigenvalue weighted by molar-refractivity contribution is 7.17. The zero-order valence-corrected chi connectivity index (χ0v) is 24.3. The van der Waals surface area contributed by atoms with Gasteiger partial charge in [-0.25, -0.2) is 0 Å². The summed E-state index contributed by atoms with van der Waals surface area (Å²) in [5.41, 5.74) is 12.7. The van der Waals surface area contributed by atoms with Gasteiger partial charge in [-0.05, 0) is 79.4 Å². The summed E-state index contributed by atoms with van der Waals surface area (Å²) in [5, 5.41) is 9.98. The smallest absolute Gasteiger partial charge is 0.220 e. The molecule has 0 bridgehead atoms. The van der Waals surface area contributed by atoms with E-state index >= 15 is 0 Å². The first-order valence-electron chi connectivity index (χ1n) is 14.2. The van der Waals surface area contributed by atoms with Crippen molar-refractivity contribution in [2.45, 2.75) is 44.9 Å². The molecule has 40 heavy (non-hydrogen) atoms. The molecule has 0 unspecified atom stereocenters. The second kappa shape index (κ2) is 12.6. The Morgan fingerprint density at radius 1 is 0.950 bits per heavy atom. The van der Waals surface area contributed by atoms with Crippen LogP contribution >= 0.6 is 11.3 Å². The van der Waals surface area contributed by atoms with E-state index in [9.17, 15) is 4.79 Å². The lowest BCUT2D eigenvalue weighted by Gasteiger charge is -2.17. The van der Waals surface area contributed by atoms with Crippen LogP contribution < -0.4 is 16.4 Å². The Morgan fingerprint density at radius 3 is 2.58 bits per heavy atom. The number of anilines is 2. The number of nitrogens with zero attached hydrogens (tertiary/aromatic N) is 1. The largest absolute Gasteiger partial charge is 0.356 e. The summed E-state index contributed by atoms with van der Waals surface area (Å²) >= 11 is 1.79. The van der Waals surface area contributed by atoms with Gasteiger partial charge in [-0.3, -0.25) is 4.79 Å². The third kappa shape index (κ3) is 6.19. The molecule has 3 aromatic carbocycles. The van der Waals surface area contributed by atoms with Crippen LogP contribution in [0.2, 0.25) is 0 Å². The molecule has 4 N–H and O–H groups in total. The monoisotopic (exact) mass is 551 g/mol. The number of nitrogens with one attached hydrogen (secondary N) is 2. The maximum atomic E-state index is 12.0. The summed E-state index contributed by atoms with van der Waals surface area (Å²) in [6.07, 6.45) is 8.05. The molecule has 0 aliphatic carbocycles. The van der Waals surface area contributed by atoms with Crippen molar-refractivity contribution >= 4 is 56.2 Å². The summed E-state index contributed by atoms with van der Waals surface area (Å²) in [5.74, 6) is 0.0923. The van der Waals surface area contributed by atoms with Gasteiger partial charge < -0.3 is 16.4 Å². The number of benzene rings is 3. The van der Waals surface area contributed by atoms with Gasteiger partial charge in [-0.15, -0.1) is 11.3 Å². The van der Waals surface area contributed by atoms with Gasteiger partial charge in [0.2, 0.25) is 11.6 Å². The Labute approximate surface area is 241 Å². The Hall–Kier alpha value is -3.74. The number of allylic oxidation sites excluding steroid dienone is 1. The fourth-order valence-corrected chi connectivity index (χ4v) is 6.44. The van der Waals surface area contributed by atoms with Crippen molar-refractivity contribution in [3.05, 3.63) is 95.4 Å². The van der Waals surface area contributed by atoms with E-state index in [2.05, 4.69) is 101 Å². The molecule has 4 aromatic rings. The second-order valence-corrected chi connectivity index (χ2v) is 11.8. The quantitative estimate of drug-likeness (QED) is 0.127. The summed E-state index contributed by atoms with van der Waals surface area (Å²) in [6, 6.07) is 25.6. The van der Waals surface area contributed by atoms with Crippen LogP contribution in [0.15, 0.2) is 84.3 Å². The highest BCUT2D eigenvalue weighted by atomic mass is 32.1. The molecule has 0 spiro atoms. The molecule has 206 valence electrons. The number of carbonyl (C=O) groups excluding carboxylic acids is 1. The molecule has 1 aromatic heterocycles. The highest BCUT2D eigenvalue weighted by Crippen LogP contribution is 2.42. The molecule has 1 amide bonds. The Morgan fingerprint density at radius 2 is 1.75 bits per heavy atom. The van der Waals surface area contributed by atoms with E-state index in [1.807, 2.05) is 18.2 Å². The van der Waals surface area contributed by atoms with Crippen LogP contribution in [0.3, 0.4) is 0 Å². The minimum absolute atomic E-state index is 0.0923. The third-order valence-electron chi connectivity index (χ3n) is 7.64. The Balaban J connectivity index is 1.40. The van der Waals surface area contributed by atoms with Gasteiger partial charge in [0.05, 0.1) is 5.41 Å². The molecule has 1 aliphatic heterocycles. The van der Waals surface area contributed by atoms with Gasteiger partial charge in [-0.2, -0.15) is 4.58 Å². The van der Waals surface area contributed by atoms with Gasteiger partial charge in [0, 0.05) is 59.7 Å². The standard InChI is InChI=1S/C34H38N4OS/c1-34(2)29-23-27(37-26-11-5-3-6-12-26)17-18-30(29)38(22-10-4-7-15-33(39)36-21-20-35)32(34)19-16-25-24-40-31-14-9-8-13-28(25)31/h3,5-6,8-9,11-14,16-19,23-24,37H,4,7,10,15,20-22,35H2,1-2H3/p+1/b19-16+. The van der Waals surface area contributed by atoms with Crippen molar-refractivity contribution in [2.24, 2.45) is 5.73 Å². The first-order valence-corrected chi connectivity index (χ1v) is 15.1. The summed E-state index contributed by atoms with van der Waals surface area (Å²) < 4.78 is 3.80. The lowest BCUT2D eigenvalue weighted by molar-refractivity contribution is -0.438. The van der Waals surface area contributed by atoms with Crippen molar-refractivity contribution in [1.29, 1.82) is 0 Å². The number of carbonyl (C=O) groups is 1. The van der Waals surface area contributed by atoms with Crippen molar-refractivity contribution in [2.75, 3.05) is 25.0 Å². The predicted molar refractivity (Wildman–Crippen MR) is 170 cm³/mol. The number of rotatable bonds is 12. The predicted octanol–water partition coefficient (Wildman–Crippen LogP) is 7.37. The number of hydrogen-bond acceptors (Lipinski definition) is 4. The summed E-state index contributed by atoms with van der Waals surface area (Å²) in [7, 11) is 0. The number of hydrogen-bond donors (Lipinski definition) is 3. The number of amides is 1. The van der Waals surface area contributed by atoms with Crippen molar-refractivity contribution in [3.8, 4) is 0 Å². The summed E-state index contributed by atoms with van der Waals surface area (Å²) in [6.45, 7) is 6.59. The average Bonchev–Trinajstić information content (AvgIpc) is 3.47. The molecular formula is C34H39N4OS+. The first-order chi connectivity index (χ1) is 19.5. The van der Waals surface area contributed by atoms with E-state index in [1.165, 1.54) is 32.6 Å². The number of fused-ring (bicyclic) bond motifs is 2. The van der Waals surface area contributed by atoms with E-state index in [-0.39, 0.29) is 11.3 Å². The molecule has 2 heterocycles. The minimum Gasteiger partial charge on any atom is -0.356 e. The van der Waals surface area contributed by atoms with Gasteiger partial charge in [0.25, 0.3) is 0 Å². The molecule has 0 atom stereocenters. The lowest BCUT2D eigenvalue weighted by atomic mass is 9.81.